The molecule has 0 aliphatic carbocycles. The topological polar surface area (TPSA) is 66.8 Å². The molecule has 0 radical (unpaired) electrons. The lowest BCUT2D eigenvalue weighted by atomic mass is 10.1. The maximum Gasteiger partial charge on any atom is 0.411 e. The first kappa shape index (κ1) is 17.9. The lowest BCUT2D eigenvalue weighted by Gasteiger charge is -2.30. The summed E-state index contributed by atoms with van der Waals surface area (Å²) in [7, 11) is 0. The summed E-state index contributed by atoms with van der Waals surface area (Å²) in [4.78, 5) is 24.6. The van der Waals surface area contributed by atoms with Gasteiger partial charge in [-0.05, 0) is 45.4 Å². The van der Waals surface area contributed by atoms with Crippen molar-refractivity contribution in [1.29, 1.82) is 0 Å². The third kappa shape index (κ3) is 4.41. The monoisotopic (exact) mass is 315 g/mol. The van der Waals surface area contributed by atoms with Gasteiger partial charge in [-0.1, -0.05) is 6.07 Å². The van der Waals surface area contributed by atoms with Crippen LogP contribution in [0.4, 0.5) is 13.6 Å². The molecule has 7 heteroatoms. The van der Waals surface area contributed by atoms with Gasteiger partial charge in [-0.15, -0.1) is 0 Å². The lowest BCUT2D eigenvalue weighted by Crippen LogP contribution is -2.42. The number of rotatable bonds is 4. The molecule has 22 heavy (non-hydrogen) atoms. The van der Waals surface area contributed by atoms with Gasteiger partial charge in [0, 0.05) is 6.54 Å². The first-order chi connectivity index (χ1) is 10.1. The van der Waals surface area contributed by atoms with Crippen molar-refractivity contribution >= 4 is 12.1 Å². The summed E-state index contributed by atoms with van der Waals surface area (Å²) in [6.45, 7) is 6.54. The van der Waals surface area contributed by atoms with E-state index in [1.165, 1.54) is 0 Å². The summed E-state index contributed by atoms with van der Waals surface area (Å²) >= 11 is 0. The molecule has 1 amide bonds. The average Bonchev–Trinajstić information content (AvgIpc) is 2.36. The average molecular weight is 315 g/mol. The normalized spacial score (nSPS) is 12.6. The van der Waals surface area contributed by atoms with Crippen LogP contribution in [-0.2, 0) is 9.53 Å². The molecule has 1 unspecified atom stereocenters. The second-order valence-corrected chi connectivity index (χ2v) is 5.68. The van der Waals surface area contributed by atoms with Crippen molar-refractivity contribution in [3.05, 3.63) is 35.4 Å². The molecule has 0 fully saturated rings. The van der Waals surface area contributed by atoms with Crippen LogP contribution in [-0.4, -0.2) is 34.2 Å². The minimum absolute atomic E-state index is 0.0326. The molecule has 0 bridgehead atoms. The Morgan fingerprint density at radius 3 is 2.27 bits per heavy atom. The molecule has 1 rings (SSSR count). The second-order valence-electron chi connectivity index (χ2n) is 5.68. The van der Waals surface area contributed by atoms with Crippen LogP contribution in [0.25, 0.3) is 0 Å². The van der Waals surface area contributed by atoms with Crippen molar-refractivity contribution in [3.63, 3.8) is 0 Å². The zero-order chi connectivity index (χ0) is 17.1. The Bertz CT molecular complexity index is 569. The number of benzene rings is 1. The molecule has 5 nitrogen and oxygen atoms in total. The van der Waals surface area contributed by atoms with Crippen molar-refractivity contribution in [1.82, 2.24) is 4.90 Å². The Hall–Kier alpha value is -2.18. The summed E-state index contributed by atoms with van der Waals surface area (Å²) in [5.74, 6) is -3.63. The van der Waals surface area contributed by atoms with E-state index in [4.69, 9.17) is 4.74 Å². The highest BCUT2D eigenvalue weighted by atomic mass is 19.2. The Morgan fingerprint density at radius 2 is 1.86 bits per heavy atom. The largest absolute Gasteiger partial charge is 0.479 e. The van der Waals surface area contributed by atoms with Crippen LogP contribution in [0, 0.1) is 11.6 Å². The Morgan fingerprint density at radius 1 is 1.27 bits per heavy atom. The van der Waals surface area contributed by atoms with E-state index in [1.54, 1.807) is 27.7 Å². The van der Waals surface area contributed by atoms with Gasteiger partial charge >= 0.3 is 12.1 Å². The van der Waals surface area contributed by atoms with Crippen molar-refractivity contribution in [2.75, 3.05) is 6.54 Å². The van der Waals surface area contributed by atoms with Gasteiger partial charge < -0.3 is 9.84 Å². The number of amides is 1. The van der Waals surface area contributed by atoms with Crippen molar-refractivity contribution in [2.45, 2.75) is 39.3 Å². The number of likely N-dealkylation sites (N-methyl/N-ethyl adjacent to an activating group) is 1. The third-order valence-corrected chi connectivity index (χ3v) is 2.77. The van der Waals surface area contributed by atoms with Gasteiger partial charge in [0.15, 0.2) is 17.7 Å². The van der Waals surface area contributed by atoms with Crippen molar-refractivity contribution in [2.24, 2.45) is 0 Å². The maximum absolute atomic E-state index is 13.3. The highest BCUT2D eigenvalue weighted by Crippen LogP contribution is 2.25. The minimum Gasteiger partial charge on any atom is -0.479 e. The van der Waals surface area contributed by atoms with Gasteiger partial charge in [-0.2, -0.15) is 0 Å². The van der Waals surface area contributed by atoms with Crippen LogP contribution < -0.4 is 0 Å². The number of carboxylic acid groups (broad SMARTS) is 1. The summed E-state index contributed by atoms with van der Waals surface area (Å²) < 4.78 is 31.5. The highest BCUT2D eigenvalue weighted by Gasteiger charge is 2.33. The first-order valence-electron chi connectivity index (χ1n) is 6.74. The fourth-order valence-corrected chi connectivity index (χ4v) is 1.88. The number of nitrogens with zero attached hydrogens (tertiary/aromatic N) is 1. The van der Waals surface area contributed by atoms with Gasteiger partial charge in [-0.3, -0.25) is 4.90 Å². The molecule has 1 aromatic rings. The molecule has 122 valence electrons. The van der Waals surface area contributed by atoms with Gasteiger partial charge in [0.05, 0.1) is 0 Å². The Balaban J connectivity index is 3.18. The van der Waals surface area contributed by atoms with E-state index >= 15 is 0 Å². The van der Waals surface area contributed by atoms with E-state index in [1.807, 2.05) is 0 Å². The number of hydrogen-bond donors (Lipinski definition) is 1. The van der Waals surface area contributed by atoms with Gasteiger partial charge in [0.25, 0.3) is 0 Å². The van der Waals surface area contributed by atoms with Crippen LogP contribution >= 0.6 is 0 Å². The van der Waals surface area contributed by atoms with Crippen LogP contribution in [0.5, 0.6) is 0 Å². The molecule has 0 heterocycles. The van der Waals surface area contributed by atoms with Gasteiger partial charge in [0.2, 0.25) is 0 Å². The van der Waals surface area contributed by atoms with E-state index < -0.39 is 35.3 Å². The summed E-state index contributed by atoms with van der Waals surface area (Å²) in [5.41, 5.74) is -0.846. The van der Waals surface area contributed by atoms with E-state index in [2.05, 4.69) is 0 Å². The van der Waals surface area contributed by atoms with Gasteiger partial charge in [0.1, 0.15) is 5.60 Å². The van der Waals surface area contributed by atoms with E-state index in [9.17, 15) is 23.5 Å². The van der Waals surface area contributed by atoms with Gasteiger partial charge in [-0.25, -0.2) is 18.4 Å². The molecular formula is C15H19F2NO4. The van der Waals surface area contributed by atoms with Crippen LogP contribution in [0.1, 0.15) is 39.3 Å². The molecule has 0 saturated heterocycles. The molecule has 0 aromatic heterocycles. The number of ether oxygens (including phenoxy) is 1. The number of carbonyl (C=O) groups is 2. The fraction of sp³-hybridized carbons (Fsp3) is 0.467. The smallest absolute Gasteiger partial charge is 0.411 e. The molecular weight excluding hydrogens is 296 g/mol. The molecule has 0 aliphatic rings. The predicted octanol–water partition coefficient (Wildman–Crippen LogP) is 3.35. The number of carbonyl (C=O) groups excluding carboxylic acids is 1. The molecule has 1 N–H and O–H groups in total. The number of halogens is 2. The van der Waals surface area contributed by atoms with E-state index in [-0.39, 0.29) is 12.1 Å². The van der Waals surface area contributed by atoms with Crippen molar-refractivity contribution < 1.29 is 28.2 Å². The molecule has 0 spiro atoms. The SMILES string of the molecule is CCN(C(=O)OC(C)(C)C)C(C(=O)O)c1ccc(F)c(F)c1. The number of carboxylic acids is 1. The van der Waals surface area contributed by atoms with E-state index in [0.717, 1.165) is 23.1 Å². The zero-order valence-electron chi connectivity index (χ0n) is 12.9. The van der Waals surface area contributed by atoms with Crippen LogP contribution in [0.15, 0.2) is 18.2 Å². The van der Waals surface area contributed by atoms with Crippen LogP contribution in [0.3, 0.4) is 0 Å². The summed E-state index contributed by atoms with van der Waals surface area (Å²) in [6.07, 6.45) is -0.841. The van der Waals surface area contributed by atoms with E-state index in [0.29, 0.717) is 0 Å². The number of hydrogen-bond acceptors (Lipinski definition) is 3. The number of aliphatic carboxylic acids is 1. The van der Waals surface area contributed by atoms with Crippen molar-refractivity contribution in [3.8, 4) is 0 Å². The fourth-order valence-electron chi connectivity index (χ4n) is 1.88. The highest BCUT2D eigenvalue weighted by molar-refractivity contribution is 5.81. The molecule has 1 atom stereocenters. The standard InChI is InChI=1S/C15H19F2NO4/c1-5-18(14(21)22-15(2,3)4)12(13(19)20)9-6-7-10(16)11(17)8-9/h6-8,12H,5H2,1-4H3,(H,19,20). The second kappa shape index (κ2) is 6.72. The Labute approximate surface area is 127 Å². The maximum atomic E-state index is 13.3. The minimum atomic E-state index is -1.46. The quantitative estimate of drug-likeness (QED) is 0.925. The Kier molecular flexibility index (Phi) is 5.46. The summed E-state index contributed by atoms with van der Waals surface area (Å²) in [5, 5.41) is 9.37. The summed E-state index contributed by atoms with van der Waals surface area (Å²) in [6, 6.07) is 1.25. The first-order valence-corrected chi connectivity index (χ1v) is 6.74. The predicted molar refractivity (Wildman–Crippen MR) is 75.3 cm³/mol. The molecule has 0 saturated carbocycles. The lowest BCUT2D eigenvalue weighted by molar-refractivity contribution is -0.143. The third-order valence-electron chi connectivity index (χ3n) is 2.77. The zero-order valence-corrected chi connectivity index (χ0v) is 12.9. The molecule has 1 aromatic carbocycles. The van der Waals surface area contributed by atoms with Crippen LogP contribution in [0.2, 0.25) is 0 Å². The molecule has 0 aliphatic heterocycles.